The average molecular weight is 508 g/mol. The Hall–Kier alpha value is -3.96. The highest BCUT2D eigenvalue weighted by atomic mass is 35.5. The van der Waals surface area contributed by atoms with Crippen LogP contribution in [-0.2, 0) is 6.42 Å². The number of pyridine rings is 1. The highest BCUT2D eigenvalue weighted by molar-refractivity contribution is 7.12. The first-order chi connectivity index (χ1) is 17.0. The van der Waals surface area contributed by atoms with Crippen LogP contribution in [0.1, 0.15) is 39.1 Å². The molecule has 1 aliphatic rings. The number of imidazole rings is 1. The highest BCUT2D eigenvalue weighted by Crippen LogP contribution is 2.39. The molecule has 2 N–H and O–H groups in total. The van der Waals surface area contributed by atoms with E-state index in [-0.39, 0.29) is 16.4 Å². The standard InChI is InChI=1S/C23H15ClFN7O2S/c24-13-2-4-18(32-10-28-30-31-32)15(6-13)12-5-11-1-3-14(20(11)26-7-12)22-27-8-17(29-22)16-9-35-21(19(16)25)23(33)34/h2,4-10,14H,1,3H2,(H,27,29)(H,33,34). The quantitative estimate of drug-likeness (QED) is 0.352. The molecule has 1 aromatic carbocycles. The van der Waals surface area contributed by atoms with Crippen molar-refractivity contribution in [3.63, 3.8) is 0 Å². The number of aromatic nitrogens is 7. The lowest BCUT2D eigenvalue weighted by molar-refractivity contribution is 0.0698. The van der Waals surface area contributed by atoms with E-state index in [4.69, 9.17) is 21.7 Å². The van der Waals surface area contributed by atoms with Gasteiger partial charge in [-0.05, 0) is 53.1 Å². The van der Waals surface area contributed by atoms with E-state index in [2.05, 4.69) is 31.6 Å². The first-order valence-corrected chi connectivity index (χ1v) is 11.8. The minimum Gasteiger partial charge on any atom is -0.477 e. The molecule has 9 nitrogen and oxygen atoms in total. The molecular formula is C23H15ClFN7O2S. The largest absolute Gasteiger partial charge is 0.477 e. The second-order valence-electron chi connectivity index (χ2n) is 8.06. The van der Waals surface area contributed by atoms with Crippen LogP contribution in [-0.4, -0.2) is 46.2 Å². The monoisotopic (exact) mass is 507 g/mol. The number of hydrogen-bond acceptors (Lipinski definition) is 7. The number of nitrogens with zero attached hydrogens (tertiary/aromatic N) is 6. The van der Waals surface area contributed by atoms with Crippen LogP contribution in [0.3, 0.4) is 0 Å². The summed E-state index contributed by atoms with van der Waals surface area (Å²) in [6.45, 7) is 0. The maximum absolute atomic E-state index is 14.5. The number of carbonyl (C=O) groups is 1. The van der Waals surface area contributed by atoms with Gasteiger partial charge in [0.05, 0.1) is 29.2 Å². The summed E-state index contributed by atoms with van der Waals surface area (Å²) in [6, 6.07) is 7.58. The Labute approximate surface area is 206 Å². The van der Waals surface area contributed by atoms with E-state index in [0.717, 1.165) is 52.3 Å². The Kier molecular flexibility index (Phi) is 5.15. The van der Waals surface area contributed by atoms with Crippen LogP contribution < -0.4 is 0 Å². The van der Waals surface area contributed by atoms with E-state index in [1.165, 1.54) is 17.9 Å². The summed E-state index contributed by atoms with van der Waals surface area (Å²) in [4.78, 5) is 23.2. The number of aromatic carboxylic acids is 1. The zero-order chi connectivity index (χ0) is 24.1. The number of thiophene rings is 1. The Balaban J connectivity index is 1.33. The van der Waals surface area contributed by atoms with Crippen molar-refractivity contribution in [2.45, 2.75) is 18.8 Å². The molecule has 4 aromatic heterocycles. The fraction of sp³-hybridized carbons (Fsp3) is 0.130. The Morgan fingerprint density at radius 2 is 2.11 bits per heavy atom. The summed E-state index contributed by atoms with van der Waals surface area (Å²) in [5, 5.41) is 22.6. The van der Waals surface area contributed by atoms with Crippen molar-refractivity contribution < 1.29 is 14.3 Å². The molecule has 0 saturated heterocycles. The Morgan fingerprint density at radius 1 is 1.23 bits per heavy atom. The number of nitrogens with one attached hydrogen (secondary N) is 1. The number of rotatable bonds is 5. The molecule has 0 amide bonds. The van der Waals surface area contributed by atoms with Gasteiger partial charge in [-0.25, -0.2) is 14.2 Å². The summed E-state index contributed by atoms with van der Waals surface area (Å²) < 4.78 is 16.1. The van der Waals surface area contributed by atoms with Crippen LogP contribution in [0, 0.1) is 5.82 Å². The topological polar surface area (TPSA) is 122 Å². The minimum absolute atomic E-state index is 0.0770. The summed E-state index contributed by atoms with van der Waals surface area (Å²) in [5.74, 6) is -1.45. The van der Waals surface area contributed by atoms with E-state index in [0.29, 0.717) is 16.5 Å². The summed E-state index contributed by atoms with van der Waals surface area (Å²) in [5.41, 5.74) is 5.15. The van der Waals surface area contributed by atoms with Crippen molar-refractivity contribution in [2.24, 2.45) is 0 Å². The van der Waals surface area contributed by atoms with Gasteiger partial charge in [0, 0.05) is 33.3 Å². The summed E-state index contributed by atoms with van der Waals surface area (Å²) in [7, 11) is 0. The van der Waals surface area contributed by atoms with Crippen LogP contribution >= 0.6 is 22.9 Å². The first kappa shape index (κ1) is 21.6. The molecule has 1 aliphatic carbocycles. The normalized spacial score (nSPS) is 14.9. The molecule has 5 aromatic rings. The number of tetrazole rings is 1. The minimum atomic E-state index is -1.29. The molecule has 0 aliphatic heterocycles. The van der Waals surface area contributed by atoms with Crippen molar-refractivity contribution in [3.8, 4) is 28.1 Å². The molecule has 6 rings (SSSR count). The third-order valence-electron chi connectivity index (χ3n) is 6.04. The number of carboxylic acid groups (broad SMARTS) is 1. The maximum atomic E-state index is 14.5. The molecule has 174 valence electrons. The van der Waals surface area contributed by atoms with Crippen LogP contribution in [0.4, 0.5) is 4.39 Å². The van der Waals surface area contributed by atoms with Gasteiger partial charge in [0.1, 0.15) is 17.0 Å². The zero-order valence-corrected chi connectivity index (χ0v) is 19.4. The van der Waals surface area contributed by atoms with E-state index >= 15 is 0 Å². The predicted octanol–water partition coefficient (Wildman–Crippen LogP) is 4.74. The lowest BCUT2D eigenvalue weighted by Gasteiger charge is -2.12. The number of halogens is 2. The van der Waals surface area contributed by atoms with Gasteiger partial charge in [-0.3, -0.25) is 4.98 Å². The number of hydrogen-bond donors (Lipinski definition) is 2. The van der Waals surface area contributed by atoms with Gasteiger partial charge in [-0.15, -0.1) is 16.4 Å². The number of H-pyrrole nitrogens is 1. The molecule has 12 heteroatoms. The molecule has 0 saturated carbocycles. The SMILES string of the molecule is O=C(O)c1scc(-c2cnc(C3CCc4cc(-c5cc(Cl)ccc5-n5cnnn5)cnc43)[nH]2)c1F. The van der Waals surface area contributed by atoms with Gasteiger partial charge in [0.25, 0.3) is 0 Å². The molecule has 35 heavy (non-hydrogen) atoms. The van der Waals surface area contributed by atoms with Gasteiger partial charge < -0.3 is 10.1 Å². The zero-order valence-electron chi connectivity index (χ0n) is 17.8. The second-order valence-corrected chi connectivity index (χ2v) is 9.37. The lowest BCUT2D eigenvalue weighted by Crippen LogP contribution is -2.02. The van der Waals surface area contributed by atoms with Gasteiger partial charge in [0.2, 0.25) is 0 Å². The smallest absolute Gasteiger partial charge is 0.348 e. The Morgan fingerprint density at radius 3 is 2.89 bits per heavy atom. The number of aromatic amines is 1. The van der Waals surface area contributed by atoms with Gasteiger partial charge >= 0.3 is 5.97 Å². The molecule has 0 bridgehead atoms. The van der Waals surface area contributed by atoms with Crippen LogP contribution in [0.5, 0.6) is 0 Å². The highest BCUT2D eigenvalue weighted by Gasteiger charge is 2.29. The van der Waals surface area contributed by atoms with Gasteiger partial charge in [0.15, 0.2) is 5.82 Å². The summed E-state index contributed by atoms with van der Waals surface area (Å²) >= 11 is 7.13. The average Bonchev–Trinajstić information content (AvgIpc) is 3.64. The van der Waals surface area contributed by atoms with Crippen molar-refractivity contribution in [3.05, 3.63) is 81.2 Å². The number of fused-ring (bicyclic) bond motifs is 1. The number of carboxylic acids is 1. The van der Waals surface area contributed by atoms with Crippen LogP contribution in [0.15, 0.2) is 48.4 Å². The van der Waals surface area contributed by atoms with E-state index < -0.39 is 11.8 Å². The summed E-state index contributed by atoms with van der Waals surface area (Å²) in [6.07, 6.45) is 6.43. The second kappa shape index (κ2) is 8.36. The molecule has 1 unspecified atom stereocenters. The van der Waals surface area contributed by atoms with Crippen molar-refractivity contribution in [1.29, 1.82) is 0 Å². The van der Waals surface area contributed by atoms with Gasteiger partial charge in [-0.2, -0.15) is 4.68 Å². The maximum Gasteiger partial charge on any atom is 0.348 e. The molecule has 4 heterocycles. The first-order valence-electron chi connectivity index (χ1n) is 10.6. The molecule has 0 radical (unpaired) electrons. The van der Waals surface area contributed by atoms with Crippen molar-refractivity contribution >= 4 is 28.9 Å². The van der Waals surface area contributed by atoms with Crippen molar-refractivity contribution in [2.75, 3.05) is 0 Å². The van der Waals surface area contributed by atoms with Gasteiger partial charge in [-0.1, -0.05) is 11.6 Å². The number of aryl methyl sites for hydroxylation is 1. The molecule has 1 atom stereocenters. The van der Waals surface area contributed by atoms with E-state index in [1.54, 1.807) is 16.9 Å². The third-order valence-corrected chi connectivity index (χ3v) is 7.22. The molecule has 0 spiro atoms. The Bertz CT molecular complexity index is 1580. The third kappa shape index (κ3) is 3.69. The van der Waals surface area contributed by atoms with Crippen LogP contribution in [0.25, 0.3) is 28.1 Å². The predicted molar refractivity (Wildman–Crippen MR) is 126 cm³/mol. The van der Waals surface area contributed by atoms with Crippen molar-refractivity contribution in [1.82, 2.24) is 35.2 Å². The fourth-order valence-corrected chi connectivity index (χ4v) is 5.37. The lowest BCUT2D eigenvalue weighted by atomic mass is 10.0. The molecular weight excluding hydrogens is 493 g/mol. The van der Waals surface area contributed by atoms with E-state index in [1.807, 2.05) is 12.1 Å². The molecule has 0 fully saturated rings. The van der Waals surface area contributed by atoms with Crippen LogP contribution in [0.2, 0.25) is 5.02 Å². The number of benzene rings is 1. The van der Waals surface area contributed by atoms with E-state index in [9.17, 15) is 9.18 Å². The fourth-order valence-electron chi connectivity index (χ4n) is 4.42.